The fourth-order valence-corrected chi connectivity index (χ4v) is 2.16. The summed E-state index contributed by atoms with van der Waals surface area (Å²) >= 11 is 1.04. The number of carboxylic acid groups (broad SMARTS) is 1. The van der Waals surface area contributed by atoms with Gasteiger partial charge >= 0.3 is 5.97 Å². The van der Waals surface area contributed by atoms with Crippen LogP contribution in [0.5, 0.6) is 0 Å². The maximum absolute atomic E-state index is 10.5. The van der Waals surface area contributed by atoms with E-state index in [9.17, 15) is 4.79 Å². The molecule has 0 unspecified atom stereocenters. The van der Waals surface area contributed by atoms with Crippen LogP contribution in [-0.2, 0) is 11.2 Å². The van der Waals surface area contributed by atoms with Crippen LogP contribution in [0.2, 0.25) is 0 Å². The minimum Gasteiger partial charge on any atom is -0.481 e. The van der Waals surface area contributed by atoms with E-state index < -0.39 is 5.97 Å². The van der Waals surface area contributed by atoms with Crippen molar-refractivity contribution >= 4 is 17.7 Å². The number of thioether (sulfide) groups is 1. The van der Waals surface area contributed by atoms with E-state index in [1.54, 1.807) is 0 Å². The van der Waals surface area contributed by atoms with Gasteiger partial charge in [0.1, 0.15) is 0 Å². The van der Waals surface area contributed by atoms with E-state index in [-0.39, 0.29) is 5.75 Å². The molecule has 0 aliphatic heterocycles. The molecule has 0 saturated heterocycles. The lowest BCUT2D eigenvalue weighted by Gasteiger charge is -2.03. The molecule has 0 saturated carbocycles. The lowest BCUT2D eigenvalue weighted by molar-refractivity contribution is -0.133. The Balaban J connectivity index is 2.22. The highest BCUT2D eigenvalue weighted by Crippen LogP contribution is 2.21. The number of nitrogens with two attached hydrogens (primary N) is 1. The average molecular weight is 278 g/mol. The molecule has 0 fully saturated rings. The number of benzene rings is 1. The van der Waals surface area contributed by atoms with Gasteiger partial charge in [0.15, 0.2) is 5.82 Å². The van der Waals surface area contributed by atoms with Gasteiger partial charge < -0.3 is 10.9 Å². The zero-order valence-corrected chi connectivity index (χ0v) is 11.2. The maximum atomic E-state index is 10.5. The van der Waals surface area contributed by atoms with E-state index in [4.69, 9.17) is 10.9 Å². The van der Waals surface area contributed by atoms with E-state index in [0.29, 0.717) is 11.0 Å². The highest BCUT2D eigenvalue weighted by atomic mass is 32.2. The Hall–Kier alpha value is -2.02. The molecule has 0 spiro atoms. The summed E-state index contributed by atoms with van der Waals surface area (Å²) in [5.41, 5.74) is 2.08. The van der Waals surface area contributed by atoms with Crippen molar-refractivity contribution in [1.82, 2.24) is 14.9 Å². The summed E-state index contributed by atoms with van der Waals surface area (Å²) in [7, 11) is 0. The van der Waals surface area contributed by atoms with E-state index >= 15 is 0 Å². The molecular weight excluding hydrogens is 264 g/mol. The first kappa shape index (κ1) is 13.4. The van der Waals surface area contributed by atoms with Crippen molar-refractivity contribution in [2.24, 2.45) is 0 Å². The lowest BCUT2D eigenvalue weighted by Crippen LogP contribution is -2.12. The van der Waals surface area contributed by atoms with Gasteiger partial charge in [-0.05, 0) is 12.0 Å². The van der Waals surface area contributed by atoms with Crippen LogP contribution in [0, 0.1) is 0 Å². The van der Waals surface area contributed by atoms with Crippen molar-refractivity contribution in [3.63, 3.8) is 0 Å². The van der Waals surface area contributed by atoms with Gasteiger partial charge in [-0.15, -0.1) is 10.2 Å². The first-order valence-electron chi connectivity index (χ1n) is 5.76. The number of carbonyl (C=O) groups is 1. The second kappa shape index (κ2) is 5.75. The Morgan fingerprint density at radius 2 is 2.05 bits per heavy atom. The van der Waals surface area contributed by atoms with Crippen molar-refractivity contribution in [3.8, 4) is 11.4 Å². The molecule has 1 heterocycles. The zero-order valence-electron chi connectivity index (χ0n) is 10.4. The Morgan fingerprint density at radius 3 is 2.63 bits per heavy atom. The Labute approximate surface area is 114 Å². The smallest absolute Gasteiger partial charge is 0.313 e. The molecule has 1 aromatic heterocycles. The number of nitrogen functional groups attached to an aromatic ring is 1. The van der Waals surface area contributed by atoms with Crippen molar-refractivity contribution in [3.05, 3.63) is 29.8 Å². The van der Waals surface area contributed by atoms with E-state index in [1.165, 1.54) is 10.2 Å². The number of rotatable bonds is 5. The first-order valence-corrected chi connectivity index (χ1v) is 6.74. The molecule has 0 aliphatic rings. The summed E-state index contributed by atoms with van der Waals surface area (Å²) in [6.07, 6.45) is 0.968. The van der Waals surface area contributed by atoms with Crippen LogP contribution in [0.25, 0.3) is 11.4 Å². The normalized spacial score (nSPS) is 10.6. The highest BCUT2D eigenvalue weighted by molar-refractivity contribution is 7.99. The van der Waals surface area contributed by atoms with E-state index in [0.717, 1.165) is 23.7 Å². The van der Waals surface area contributed by atoms with Crippen LogP contribution in [0.1, 0.15) is 12.5 Å². The van der Waals surface area contributed by atoms with E-state index in [2.05, 4.69) is 17.1 Å². The van der Waals surface area contributed by atoms with Crippen molar-refractivity contribution in [1.29, 1.82) is 0 Å². The van der Waals surface area contributed by atoms with Crippen LogP contribution in [0.3, 0.4) is 0 Å². The Bertz CT molecular complexity index is 580. The van der Waals surface area contributed by atoms with Crippen molar-refractivity contribution in [2.45, 2.75) is 18.5 Å². The number of carboxylic acids is 1. The summed E-state index contributed by atoms with van der Waals surface area (Å²) in [6, 6.07) is 7.87. The summed E-state index contributed by atoms with van der Waals surface area (Å²) < 4.78 is 1.31. The molecule has 0 bridgehead atoms. The van der Waals surface area contributed by atoms with Crippen LogP contribution >= 0.6 is 11.8 Å². The van der Waals surface area contributed by atoms with Gasteiger partial charge in [-0.3, -0.25) is 4.79 Å². The number of nitrogens with zero attached hydrogens (tertiary/aromatic N) is 3. The number of hydrogen-bond donors (Lipinski definition) is 2. The van der Waals surface area contributed by atoms with Gasteiger partial charge in [0.25, 0.3) is 0 Å². The molecule has 100 valence electrons. The molecule has 0 radical (unpaired) electrons. The van der Waals surface area contributed by atoms with Gasteiger partial charge in [-0.25, -0.2) is 4.68 Å². The molecule has 0 atom stereocenters. The molecule has 0 amide bonds. The monoisotopic (exact) mass is 278 g/mol. The minimum atomic E-state index is -0.915. The second-order valence-corrected chi connectivity index (χ2v) is 4.85. The number of aliphatic carboxylic acids is 1. The van der Waals surface area contributed by atoms with Crippen LogP contribution in [0.15, 0.2) is 29.4 Å². The van der Waals surface area contributed by atoms with Gasteiger partial charge in [0.05, 0.1) is 5.75 Å². The first-order chi connectivity index (χ1) is 9.11. The Kier molecular flexibility index (Phi) is 4.06. The molecule has 6 nitrogen and oxygen atoms in total. The summed E-state index contributed by atoms with van der Waals surface area (Å²) in [6.45, 7) is 2.08. The summed E-state index contributed by atoms with van der Waals surface area (Å²) in [4.78, 5) is 10.5. The fraction of sp³-hybridized carbons (Fsp3) is 0.250. The molecule has 7 heteroatoms. The zero-order chi connectivity index (χ0) is 13.8. The maximum Gasteiger partial charge on any atom is 0.313 e. The predicted octanol–water partition coefficient (Wildman–Crippen LogP) is 1.40. The molecule has 19 heavy (non-hydrogen) atoms. The largest absolute Gasteiger partial charge is 0.481 e. The second-order valence-electron chi connectivity index (χ2n) is 3.91. The molecule has 0 aliphatic carbocycles. The van der Waals surface area contributed by atoms with Gasteiger partial charge in [0, 0.05) is 5.56 Å². The predicted molar refractivity (Wildman–Crippen MR) is 73.3 cm³/mol. The summed E-state index contributed by atoms with van der Waals surface area (Å²) in [5, 5.41) is 16.9. The third-order valence-corrected chi connectivity index (χ3v) is 3.54. The molecule has 3 N–H and O–H groups in total. The van der Waals surface area contributed by atoms with Gasteiger partial charge in [-0.2, -0.15) is 0 Å². The van der Waals surface area contributed by atoms with Crippen LogP contribution < -0.4 is 5.84 Å². The van der Waals surface area contributed by atoms with Crippen LogP contribution in [0.4, 0.5) is 0 Å². The number of hydrogen-bond acceptors (Lipinski definition) is 5. The molecule has 2 aromatic rings. The molecular formula is C12H14N4O2S. The minimum absolute atomic E-state index is 0.0931. The number of aryl methyl sites for hydroxylation is 1. The van der Waals surface area contributed by atoms with Crippen LogP contribution in [-0.4, -0.2) is 31.7 Å². The standard InChI is InChI=1S/C12H14N4O2S/c1-2-8-3-5-9(6-4-8)11-14-15-12(16(11)13)19-7-10(17)18/h3-6H,2,7,13H2,1H3,(H,17,18). The molecule has 2 rings (SSSR count). The fourth-order valence-electron chi connectivity index (χ4n) is 1.59. The van der Waals surface area contributed by atoms with Crippen molar-refractivity contribution in [2.75, 3.05) is 11.6 Å². The van der Waals surface area contributed by atoms with E-state index in [1.807, 2.05) is 24.3 Å². The van der Waals surface area contributed by atoms with Gasteiger partial charge in [0.2, 0.25) is 5.16 Å². The highest BCUT2D eigenvalue weighted by Gasteiger charge is 2.13. The third-order valence-electron chi connectivity index (χ3n) is 2.61. The third kappa shape index (κ3) is 3.05. The average Bonchev–Trinajstić information content (AvgIpc) is 2.78. The Morgan fingerprint density at radius 1 is 1.37 bits per heavy atom. The summed E-state index contributed by atoms with van der Waals surface area (Å²) in [5.74, 6) is 5.39. The lowest BCUT2D eigenvalue weighted by atomic mass is 10.1. The topological polar surface area (TPSA) is 94.0 Å². The number of aromatic nitrogens is 3. The van der Waals surface area contributed by atoms with Gasteiger partial charge in [-0.1, -0.05) is 43.0 Å². The molecule has 1 aromatic carbocycles. The van der Waals surface area contributed by atoms with Crippen molar-refractivity contribution < 1.29 is 9.90 Å². The SMILES string of the molecule is CCc1ccc(-c2nnc(SCC(=O)O)n2N)cc1. The quantitative estimate of drug-likeness (QED) is 0.634.